The number of H-pyrrole nitrogens is 1. The van der Waals surface area contributed by atoms with Crippen molar-refractivity contribution in [2.45, 2.75) is 0 Å². The molecule has 1 heterocycles. The first-order valence-electron chi connectivity index (χ1n) is 6.26. The second-order valence-electron chi connectivity index (χ2n) is 4.72. The topological polar surface area (TPSA) is 32.9 Å². The molecule has 2 aromatic carbocycles. The lowest BCUT2D eigenvalue weighted by atomic mass is 10.1. The van der Waals surface area contributed by atoms with Crippen molar-refractivity contribution in [1.29, 1.82) is 0 Å². The minimum absolute atomic E-state index is 0.0455. The minimum atomic E-state index is -0.0455. The normalized spacial score (nSPS) is 11.4. The molecule has 1 N–H and O–H groups in total. The van der Waals surface area contributed by atoms with Crippen LogP contribution in [-0.4, -0.2) is 4.98 Å². The third-order valence-electron chi connectivity index (χ3n) is 3.65. The zero-order valence-electron chi connectivity index (χ0n) is 10.2. The van der Waals surface area contributed by atoms with Crippen molar-refractivity contribution in [3.8, 4) is 11.1 Å². The third-order valence-corrected chi connectivity index (χ3v) is 3.65. The van der Waals surface area contributed by atoms with Crippen LogP contribution in [0.5, 0.6) is 0 Å². The van der Waals surface area contributed by atoms with E-state index in [4.69, 9.17) is 0 Å². The lowest BCUT2D eigenvalue weighted by Crippen LogP contribution is -2.00. The van der Waals surface area contributed by atoms with Gasteiger partial charge < -0.3 is 4.98 Å². The molecule has 0 amide bonds. The van der Waals surface area contributed by atoms with Gasteiger partial charge in [0.15, 0.2) is 0 Å². The third kappa shape index (κ3) is 1.40. The lowest BCUT2D eigenvalue weighted by Gasteiger charge is -1.97. The summed E-state index contributed by atoms with van der Waals surface area (Å²) in [5.74, 6) is 0. The van der Waals surface area contributed by atoms with Gasteiger partial charge in [-0.25, -0.2) is 0 Å². The Balaban J connectivity index is 2.33. The van der Waals surface area contributed by atoms with Crippen molar-refractivity contribution in [2.24, 2.45) is 0 Å². The average Bonchev–Trinajstić information content (AvgIpc) is 2.77. The maximum Gasteiger partial charge on any atom is 0.255 e. The van der Waals surface area contributed by atoms with Crippen molar-refractivity contribution in [3.63, 3.8) is 0 Å². The molecule has 0 radical (unpaired) electrons. The predicted octanol–water partition coefficient (Wildman–Crippen LogP) is 3.79. The first-order chi connectivity index (χ1) is 9.34. The zero-order valence-corrected chi connectivity index (χ0v) is 10.2. The molecule has 0 unspecified atom stereocenters. The van der Waals surface area contributed by atoms with Crippen LogP contribution in [0.4, 0.5) is 0 Å². The number of aromatic nitrogens is 1. The number of nitrogens with one attached hydrogen (secondary N) is 1. The SMILES string of the molecule is O=c1[nH]cc2c3ccccc3cc-2c2ccccc12. The highest BCUT2D eigenvalue weighted by atomic mass is 16.1. The van der Waals surface area contributed by atoms with Gasteiger partial charge in [-0.1, -0.05) is 42.5 Å². The van der Waals surface area contributed by atoms with Crippen molar-refractivity contribution >= 4 is 21.5 Å². The fourth-order valence-corrected chi connectivity index (χ4v) is 2.76. The van der Waals surface area contributed by atoms with Crippen LogP contribution in [0.25, 0.3) is 32.7 Å². The fourth-order valence-electron chi connectivity index (χ4n) is 2.76. The highest BCUT2D eigenvalue weighted by Crippen LogP contribution is 2.36. The number of hydrogen-bond donors (Lipinski definition) is 1. The predicted molar refractivity (Wildman–Crippen MR) is 78.7 cm³/mol. The Hall–Kier alpha value is -2.61. The van der Waals surface area contributed by atoms with Crippen molar-refractivity contribution in [3.05, 3.63) is 71.1 Å². The average molecular weight is 245 g/mol. The van der Waals surface area contributed by atoms with Crippen LogP contribution in [0, 0.1) is 0 Å². The number of benzene rings is 2. The van der Waals surface area contributed by atoms with E-state index < -0.39 is 0 Å². The zero-order chi connectivity index (χ0) is 12.8. The van der Waals surface area contributed by atoms with Crippen LogP contribution in [0.1, 0.15) is 0 Å². The number of aromatic amines is 1. The first-order valence-corrected chi connectivity index (χ1v) is 6.26. The first kappa shape index (κ1) is 10.3. The molecule has 0 aromatic heterocycles. The molecule has 0 fully saturated rings. The molecule has 4 rings (SSSR count). The Morgan fingerprint density at radius 2 is 1.42 bits per heavy atom. The summed E-state index contributed by atoms with van der Waals surface area (Å²) in [6.07, 6.45) is 1.82. The molecule has 2 aliphatic rings. The summed E-state index contributed by atoms with van der Waals surface area (Å²) >= 11 is 0. The smallest absolute Gasteiger partial charge is 0.255 e. The van der Waals surface area contributed by atoms with Gasteiger partial charge in [-0.2, -0.15) is 0 Å². The molecule has 0 saturated heterocycles. The van der Waals surface area contributed by atoms with Crippen LogP contribution in [-0.2, 0) is 0 Å². The maximum absolute atomic E-state index is 12.1. The maximum atomic E-state index is 12.1. The molecule has 90 valence electrons. The van der Waals surface area contributed by atoms with Gasteiger partial charge in [0.2, 0.25) is 0 Å². The van der Waals surface area contributed by atoms with Gasteiger partial charge in [0.1, 0.15) is 0 Å². The molecule has 0 saturated carbocycles. The van der Waals surface area contributed by atoms with E-state index >= 15 is 0 Å². The second kappa shape index (κ2) is 3.69. The number of fused-ring (bicyclic) bond motifs is 5. The van der Waals surface area contributed by atoms with E-state index in [1.807, 2.05) is 42.6 Å². The van der Waals surface area contributed by atoms with Crippen LogP contribution >= 0.6 is 0 Å². The van der Waals surface area contributed by atoms with E-state index in [-0.39, 0.29) is 5.56 Å². The molecule has 2 heteroatoms. The van der Waals surface area contributed by atoms with Gasteiger partial charge in [0.25, 0.3) is 5.56 Å². The van der Waals surface area contributed by atoms with Crippen molar-refractivity contribution in [1.82, 2.24) is 4.98 Å². The summed E-state index contributed by atoms with van der Waals surface area (Å²) in [7, 11) is 0. The number of rotatable bonds is 0. The highest BCUT2D eigenvalue weighted by molar-refractivity contribution is 6.09. The lowest BCUT2D eigenvalue weighted by molar-refractivity contribution is 1.30. The summed E-state index contributed by atoms with van der Waals surface area (Å²) < 4.78 is 0. The number of hydrogen-bond acceptors (Lipinski definition) is 1. The standard InChI is InChI=1S/C17H11NO/c19-17-14-8-4-3-7-13(14)15-9-11-5-1-2-6-12(11)16(15)10-18-17/h1-10H,(H,18,19). The Morgan fingerprint density at radius 3 is 2.26 bits per heavy atom. The van der Waals surface area contributed by atoms with Gasteiger partial charge in [-0.3, -0.25) is 4.79 Å². The van der Waals surface area contributed by atoms with Gasteiger partial charge in [-0.15, -0.1) is 0 Å². The highest BCUT2D eigenvalue weighted by Gasteiger charge is 2.12. The molecule has 2 nitrogen and oxygen atoms in total. The van der Waals surface area contributed by atoms with Gasteiger partial charge in [0.05, 0.1) is 0 Å². The van der Waals surface area contributed by atoms with E-state index in [0.717, 1.165) is 21.9 Å². The molecule has 1 aliphatic heterocycles. The Kier molecular flexibility index (Phi) is 2.00. The summed E-state index contributed by atoms with van der Waals surface area (Å²) in [4.78, 5) is 14.9. The molecule has 1 aliphatic carbocycles. The van der Waals surface area contributed by atoms with Gasteiger partial charge in [0, 0.05) is 17.1 Å². The van der Waals surface area contributed by atoms with Crippen molar-refractivity contribution < 1.29 is 0 Å². The Bertz CT molecular complexity index is 936. The molecular formula is C17H11NO. The van der Waals surface area contributed by atoms with E-state index in [1.54, 1.807) is 0 Å². The van der Waals surface area contributed by atoms with Crippen LogP contribution in [0.15, 0.2) is 65.6 Å². The van der Waals surface area contributed by atoms with Gasteiger partial charge in [-0.05, 0) is 33.9 Å². The van der Waals surface area contributed by atoms with Crippen LogP contribution in [0.3, 0.4) is 0 Å². The van der Waals surface area contributed by atoms with Gasteiger partial charge >= 0.3 is 0 Å². The van der Waals surface area contributed by atoms with E-state index in [0.29, 0.717) is 0 Å². The minimum Gasteiger partial charge on any atom is -0.328 e. The van der Waals surface area contributed by atoms with Crippen molar-refractivity contribution in [2.75, 3.05) is 0 Å². The fraction of sp³-hybridized carbons (Fsp3) is 0. The molecule has 2 aromatic rings. The second-order valence-corrected chi connectivity index (χ2v) is 4.72. The quantitative estimate of drug-likeness (QED) is 0.502. The summed E-state index contributed by atoms with van der Waals surface area (Å²) in [6.45, 7) is 0. The van der Waals surface area contributed by atoms with Crippen LogP contribution < -0.4 is 5.56 Å². The van der Waals surface area contributed by atoms with E-state index in [1.165, 1.54) is 10.8 Å². The molecule has 0 atom stereocenters. The van der Waals surface area contributed by atoms with E-state index in [9.17, 15) is 4.79 Å². The molecule has 0 spiro atoms. The summed E-state index contributed by atoms with van der Waals surface area (Å²) in [6, 6.07) is 18.1. The molecule has 0 bridgehead atoms. The van der Waals surface area contributed by atoms with Crippen LogP contribution in [0.2, 0.25) is 0 Å². The van der Waals surface area contributed by atoms with E-state index in [2.05, 4.69) is 23.2 Å². The largest absolute Gasteiger partial charge is 0.328 e. The Morgan fingerprint density at radius 1 is 0.737 bits per heavy atom. The monoisotopic (exact) mass is 245 g/mol. The summed E-state index contributed by atoms with van der Waals surface area (Å²) in [5.41, 5.74) is 2.17. The molecule has 19 heavy (non-hydrogen) atoms. The Labute approximate surface area is 109 Å². The molecular weight excluding hydrogens is 234 g/mol. The summed E-state index contributed by atoms with van der Waals surface area (Å²) in [5, 5.41) is 4.11.